The molecule has 4 fully saturated rings. The fraction of sp³-hybridized carbons (Fsp3) is 0.578. The topological polar surface area (TPSA) is 123 Å². The number of piperidine rings is 1. The van der Waals surface area contributed by atoms with Gasteiger partial charge in [-0.15, -0.1) is 6.42 Å². The van der Waals surface area contributed by atoms with Gasteiger partial charge in [0, 0.05) is 35.5 Å². The number of hydrogen-bond acceptors (Lipinski definition) is 11. The van der Waals surface area contributed by atoms with Crippen molar-refractivity contribution in [3.05, 3.63) is 41.5 Å². The van der Waals surface area contributed by atoms with Crippen molar-refractivity contribution in [2.24, 2.45) is 11.3 Å². The minimum atomic E-state index is -1.25. The van der Waals surface area contributed by atoms with Crippen LogP contribution >= 0.6 is 0 Å². The number of β-amino-alcohol motifs (C(OH)–C–C–N with tert-alkyl or cyclic N) is 1. The summed E-state index contributed by atoms with van der Waals surface area (Å²) in [6.45, 7) is 13.7. The number of terminal acetylenes is 1. The Morgan fingerprint density at radius 1 is 1.00 bits per heavy atom. The molecule has 2 aromatic heterocycles. The van der Waals surface area contributed by atoms with Crippen LogP contribution in [0.15, 0.2) is 24.3 Å². The molecule has 4 aliphatic rings. The number of methoxy groups -OCH3 is 1. The average molecular weight is 800 g/mol. The highest BCUT2D eigenvalue weighted by atomic mass is 19.1. The molecule has 8 rings (SSSR count). The Balaban J connectivity index is 1.21. The summed E-state index contributed by atoms with van der Waals surface area (Å²) in [7, 11) is 1.41. The number of halogens is 2. The summed E-state index contributed by atoms with van der Waals surface area (Å²) < 4.78 is 57.2. The number of likely N-dealkylation sites (tertiary alicyclic amines) is 1. The molecular formula is C45H55F2N5O6. The van der Waals surface area contributed by atoms with Crippen LogP contribution < -0.4 is 14.4 Å². The van der Waals surface area contributed by atoms with Gasteiger partial charge in [0.05, 0.1) is 50.2 Å². The number of benzene rings is 2. The third kappa shape index (κ3) is 7.65. The Labute approximate surface area is 339 Å². The average Bonchev–Trinajstić information content (AvgIpc) is 3.50. The maximum absolute atomic E-state index is 17.4. The predicted octanol–water partition coefficient (Wildman–Crippen LogP) is 7.40. The zero-order chi connectivity index (χ0) is 41.2. The number of pyridine rings is 1. The molecule has 3 atom stereocenters. The van der Waals surface area contributed by atoms with Crippen molar-refractivity contribution in [1.29, 1.82) is 0 Å². The maximum Gasteiger partial charge on any atom is 0.319 e. The van der Waals surface area contributed by atoms with E-state index >= 15 is 8.78 Å². The molecule has 11 nitrogen and oxygen atoms in total. The number of phenols is 1. The minimum absolute atomic E-state index is 0.00949. The van der Waals surface area contributed by atoms with Gasteiger partial charge in [-0.2, -0.15) is 9.97 Å². The number of anilines is 1. The van der Waals surface area contributed by atoms with Crippen LogP contribution in [0.1, 0.15) is 85.1 Å². The second-order valence-corrected chi connectivity index (χ2v) is 18.5. The maximum atomic E-state index is 17.4. The Morgan fingerprint density at radius 3 is 2.50 bits per heavy atom. The number of phenolic OH excluding ortho intramolecular Hbond substituents is 1. The monoisotopic (exact) mass is 799 g/mol. The van der Waals surface area contributed by atoms with Crippen molar-refractivity contribution in [2.75, 3.05) is 58.0 Å². The molecule has 3 unspecified atom stereocenters. The van der Waals surface area contributed by atoms with Gasteiger partial charge in [0.25, 0.3) is 0 Å². The van der Waals surface area contributed by atoms with E-state index in [1.807, 2.05) is 4.90 Å². The van der Waals surface area contributed by atoms with Crippen LogP contribution in [0.5, 0.6) is 17.6 Å². The van der Waals surface area contributed by atoms with E-state index in [0.717, 1.165) is 58.0 Å². The predicted molar refractivity (Wildman–Crippen MR) is 218 cm³/mol. The number of ether oxygens (including phenoxy) is 4. The van der Waals surface area contributed by atoms with Crippen LogP contribution in [-0.2, 0) is 9.47 Å². The van der Waals surface area contributed by atoms with Gasteiger partial charge >= 0.3 is 6.01 Å². The molecular weight excluding hydrogens is 745 g/mol. The van der Waals surface area contributed by atoms with Crippen molar-refractivity contribution in [3.8, 4) is 41.2 Å². The highest BCUT2D eigenvalue weighted by molar-refractivity contribution is 6.04. The van der Waals surface area contributed by atoms with E-state index in [1.54, 1.807) is 6.92 Å². The number of aromatic nitrogens is 3. The molecule has 310 valence electrons. The lowest BCUT2D eigenvalue weighted by atomic mass is 9.74. The highest BCUT2D eigenvalue weighted by Crippen LogP contribution is 2.50. The lowest BCUT2D eigenvalue weighted by molar-refractivity contribution is -0.176. The van der Waals surface area contributed by atoms with Gasteiger partial charge in [-0.1, -0.05) is 18.4 Å². The van der Waals surface area contributed by atoms with Gasteiger partial charge in [-0.05, 0) is 109 Å². The molecule has 5 heterocycles. The molecule has 0 spiro atoms. The standard InChI is InChI=1S/C45H55F2N5O6/c1-8-30-32(46)13-12-28-19-29(53)20-31(34(28)30)37-36(47)38-35(40(48-37)55-7)39(52-17-18-56-25-44(6,54)24-52)50-41(49-38)57-26-45-14-9-11-33(45)51(16-10-15-45)23-27-21-42(2,3)58-43(4,5)22-27/h1,12-13,19-20,27,33,53-54H,9-11,14-18,21-26H2,2-7H3. The fourth-order valence-corrected chi connectivity index (χ4v) is 10.9. The lowest BCUT2D eigenvalue weighted by Gasteiger charge is -2.50. The van der Waals surface area contributed by atoms with Crippen LogP contribution in [0.3, 0.4) is 0 Å². The van der Waals surface area contributed by atoms with Crippen LogP contribution in [0.4, 0.5) is 14.6 Å². The first-order valence-corrected chi connectivity index (χ1v) is 20.5. The Morgan fingerprint density at radius 2 is 1.76 bits per heavy atom. The van der Waals surface area contributed by atoms with Gasteiger partial charge in [0.2, 0.25) is 5.88 Å². The molecule has 58 heavy (non-hydrogen) atoms. The molecule has 0 amide bonds. The summed E-state index contributed by atoms with van der Waals surface area (Å²) in [5, 5.41) is 22.8. The molecule has 13 heteroatoms. The van der Waals surface area contributed by atoms with E-state index in [2.05, 4.69) is 43.5 Å². The zero-order valence-electron chi connectivity index (χ0n) is 34.5. The first-order valence-electron chi connectivity index (χ1n) is 20.5. The van der Waals surface area contributed by atoms with E-state index in [-0.39, 0.29) is 92.9 Å². The second-order valence-electron chi connectivity index (χ2n) is 18.5. The van der Waals surface area contributed by atoms with Crippen molar-refractivity contribution < 1.29 is 37.9 Å². The minimum Gasteiger partial charge on any atom is -0.508 e. The molecule has 3 aliphatic heterocycles. The summed E-state index contributed by atoms with van der Waals surface area (Å²) in [5.41, 5.74) is -2.16. The van der Waals surface area contributed by atoms with E-state index in [1.165, 1.54) is 31.4 Å². The third-order valence-corrected chi connectivity index (χ3v) is 12.6. The largest absolute Gasteiger partial charge is 0.508 e. The van der Waals surface area contributed by atoms with Crippen LogP contribution in [0.2, 0.25) is 0 Å². The van der Waals surface area contributed by atoms with E-state index in [0.29, 0.717) is 30.5 Å². The van der Waals surface area contributed by atoms with Gasteiger partial charge < -0.3 is 34.1 Å². The number of aliphatic hydroxyl groups is 1. The number of nitrogens with zero attached hydrogens (tertiary/aromatic N) is 5. The first-order chi connectivity index (χ1) is 27.5. The van der Waals surface area contributed by atoms with Crippen molar-refractivity contribution in [1.82, 2.24) is 19.9 Å². The van der Waals surface area contributed by atoms with Crippen LogP contribution in [0, 0.1) is 35.3 Å². The summed E-state index contributed by atoms with van der Waals surface area (Å²) >= 11 is 0. The lowest BCUT2D eigenvalue weighted by Crippen LogP contribution is -2.55. The van der Waals surface area contributed by atoms with Crippen molar-refractivity contribution in [2.45, 2.75) is 102 Å². The SMILES string of the molecule is C#Cc1c(F)ccc2cc(O)cc(-c3nc(OC)c4c(N5CCOCC(C)(O)C5)nc(OCC56CCCC5N(CC5CC(C)(C)OC(C)(C)C5)CCC6)nc4c3F)c12. The fourth-order valence-electron chi connectivity index (χ4n) is 10.9. The highest BCUT2D eigenvalue weighted by Gasteiger charge is 2.50. The zero-order valence-corrected chi connectivity index (χ0v) is 34.5. The van der Waals surface area contributed by atoms with Crippen molar-refractivity contribution >= 4 is 27.5 Å². The summed E-state index contributed by atoms with van der Waals surface area (Å²) in [6, 6.07) is 5.72. The summed E-state index contributed by atoms with van der Waals surface area (Å²) in [5.74, 6) is 1.45. The second kappa shape index (κ2) is 15.0. The molecule has 4 aromatic rings. The Hall–Kier alpha value is -4.35. The van der Waals surface area contributed by atoms with Gasteiger partial charge in [0.1, 0.15) is 39.6 Å². The molecule has 0 bridgehead atoms. The smallest absolute Gasteiger partial charge is 0.319 e. The third-order valence-electron chi connectivity index (χ3n) is 12.6. The number of aromatic hydroxyl groups is 1. The summed E-state index contributed by atoms with van der Waals surface area (Å²) in [4.78, 5) is 18.8. The summed E-state index contributed by atoms with van der Waals surface area (Å²) in [6.07, 6.45) is 13.0. The molecule has 2 N–H and O–H groups in total. The number of hydrogen-bond donors (Lipinski definition) is 2. The number of rotatable bonds is 8. The quantitative estimate of drug-likeness (QED) is 0.174. The molecule has 1 saturated carbocycles. The normalized spacial score (nSPS) is 26.3. The van der Waals surface area contributed by atoms with E-state index < -0.39 is 17.2 Å². The molecule has 3 saturated heterocycles. The first kappa shape index (κ1) is 40.4. The van der Waals surface area contributed by atoms with Crippen LogP contribution in [-0.4, -0.2) is 106 Å². The van der Waals surface area contributed by atoms with E-state index in [4.69, 9.17) is 35.3 Å². The van der Waals surface area contributed by atoms with Gasteiger partial charge in [-0.25, -0.2) is 13.8 Å². The van der Waals surface area contributed by atoms with Crippen molar-refractivity contribution in [3.63, 3.8) is 0 Å². The molecule has 0 radical (unpaired) electrons. The van der Waals surface area contributed by atoms with Crippen LogP contribution in [0.25, 0.3) is 32.9 Å². The van der Waals surface area contributed by atoms with E-state index in [9.17, 15) is 10.2 Å². The Kier molecular flexibility index (Phi) is 10.5. The van der Waals surface area contributed by atoms with Gasteiger partial charge in [-0.3, -0.25) is 4.90 Å². The van der Waals surface area contributed by atoms with Gasteiger partial charge in [0.15, 0.2) is 5.82 Å². The number of fused-ring (bicyclic) bond motifs is 3. The Bertz CT molecular complexity index is 2260. The molecule has 2 aromatic carbocycles. The molecule has 1 aliphatic carbocycles.